The Morgan fingerprint density at radius 1 is 1.32 bits per heavy atom. The number of hydrogen-bond donors (Lipinski definition) is 0. The molecular weight excluding hydrogens is 333 g/mol. The zero-order valence-corrected chi connectivity index (χ0v) is 12.6. The van der Waals surface area contributed by atoms with Crippen molar-refractivity contribution in [2.24, 2.45) is 0 Å². The summed E-state index contributed by atoms with van der Waals surface area (Å²) in [5.41, 5.74) is 0.152. The van der Waals surface area contributed by atoms with Gasteiger partial charge in [-0.2, -0.15) is 0 Å². The Labute approximate surface area is 125 Å². The molecular formula is C14H14BrClFNO. The van der Waals surface area contributed by atoms with Crippen LogP contribution in [0.15, 0.2) is 22.7 Å². The van der Waals surface area contributed by atoms with Crippen molar-refractivity contribution in [3.8, 4) is 0 Å². The quantitative estimate of drug-likeness (QED) is 0.705. The van der Waals surface area contributed by atoms with Crippen LogP contribution >= 0.6 is 27.5 Å². The Bertz CT molecular complexity index is 510. The maximum atomic E-state index is 14.0. The van der Waals surface area contributed by atoms with Gasteiger partial charge in [0.15, 0.2) is 0 Å². The van der Waals surface area contributed by atoms with Gasteiger partial charge in [0.05, 0.1) is 10.0 Å². The lowest BCUT2D eigenvalue weighted by Gasteiger charge is -2.37. The maximum Gasteiger partial charge on any atom is 0.257 e. The summed E-state index contributed by atoms with van der Waals surface area (Å²) in [7, 11) is 0. The standard InChI is InChI=1S/C14H14BrClFNO/c15-12-3-1-2-11(13(12)17)14(19)18-9-4-5-10(18)7-8(16)6-9/h1-3,8-10H,4-7H2. The number of rotatable bonds is 1. The van der Waals surface area contributed by atoms with Crippen LogP contribution in [0.2, 0.25) is 0 Å². The first-order valence-electron chi connectivity index (χ1n) is 6.48. The lowest BCUT2D eigenvalue weighted by atomic mass is 10.0. The number of halogens is 3. The second-order valence-electron chi connectivity index (χ2n) is 5.27. The van der Waals surface area contributed by atoms with Crippen LogP contribution in [0.3, 0.4) is 0 Å². The fourth-order valence-corrected chi connectivity index (χ4v) is 4.03. The number of fused-ring (bicyclic) bond motifs is 2. The third-order valence-electron chi connectivity index (χ3n) is 4.09. The molecule has 0 saturated carbocycles. The smallest absolute Gasteiger partial charge is 0.257 e. The summed E-state index contributed by atoms with van der Waals surface area (Å²) in [5.74, 6) is -0.672. The Hall–Kier alpha value is -0.610. The molecule has 5 heteroatoms. The van der Waals surface area contributed by atoms with Gasteiger partial charge in [0, 0.05) is 17.5 Å². The van der Waals surface area contributed by atoms with Crippen molar-refractivity contribution in [2.75, 3.05) is 0 Å². The van der Waals surface area contributed by atoms with E-state index in [-0.39, 0.29) is 28.9 Å². The lowest BCUT2D eigenvalue weighted by molar-refractivity contribution is 0.0594. The molecule has 2 aliphatic rings. The Morgan fingerprint density at radius 3 is 2.58 bits per heavy atom. The molecule has 2 saturated heterocycles. The van der Waals surface area contributed by atoms with Crippen molar-refractivity contribution < 1.29 is 9.18 Å². The topological polar surface area (TPSA) is 20.3 Å². The van der Waals surface area contributed by atoms with Gasteiger partial charge in [0.25, 0.3) is 5.91 Å². The zero-order chi connectivity index (χ0) is 13.6. The van der Waals surface area contributed by atoms with E-state index in [1.165, 1.54) is 0 Å². The van der Waals surface area contributed by atoms with Crippen molar-refractivity contribution in [3.63, 3.8) is 0 Å². The van der Waals surface area contributed by atoms with E-state index in [1.807, 2.05) is 4.90 Å². The van der Waals surface area contributed by atoms with Gasteiger partial charge in [-0.3, -0.25) is 4.79 Å². The monoisotopic (exact) mass is 345 g/mol. The number of nitrogens with zero attached hydrogens (tertiary/aromatic N) is 1. The average Bonchev–Trinajstić information content (AvgIpc) is 2.64. The molecule has 0 N–H and O–H groups in total. The number of amides is 1. The van der Waals surface area contributed by atoms with Crippen LogP contribution in [0.4, 0.5) is 4.39 Å². The summed E-state index contributed by atoms with van der Waals surface area (Å²) >= 11 is 9.33. The Morgan fingerprint density at radius 2 is 1.95 bits per heavy atom. The second-order valence-corrected chi connectivity index (χ2v) is 6.74. The maximum absolute atomic E-state index is 14.0. The molecule has 1 amide bonds. The van der Waals surface area contributed by atoms with Gasteiger partial charge in [-0.15, -0.1) is 11.6 Å². The predicted octanol–water partition coefficient (Wildman–Crippen LogP) is 3.96. The van der Waals surface area contributed by atoms with Crippen LogP contribution in [0.5, 0.6) is 0 Å². The molecule has 1 aromatic carbocycles. The SMILES string of the molecule is O=C(c1cccc(Br)c1F)N1C2CCC1CC(Cl)C2. The van der Waals surface area contributed by atoms with E-state index in [0.29, 0.717) is 4.47 Å². The van der Waals surface area contributed by atoms with Crippen LogP contribution < -0.4 is 0 Å². The number of alkyl halides is 1. The molecule has 2 fully saturated rings. The number of carbonyl (C=O) groups excluding carboxylic acids is 1. The molecule has 0 spiro atoms. The molecule has 2 nitrogen and oxygen atoms in total. The molecule has 2 aliphatic heterocycles. The summed E-state index contributed by atoms with van der Waals surface area (Å²) < 4.78 is 14.4. The van der Waals surface area contributed by atoms with Gasteiger partial charge in [0.1, 0.15) is 5.82 Å². The number of carbonyl (C=O) groups is 1. The van der Waals surface area contributed by atoms with E-state index in [4.69, 9.17) is 11.6 Å². The number of hydrogen-bond acceptors (Lipinski definition) is 1. The van der Waals surface area contributed by atoms with Gasteiger partial charge in [-0.25, -0.2) is 4.39 Å². The zero-order valence-electron chi connectivity index (χ0n) is 10.3. The third-order valence-corrected chi connectivity index (χ3v) is 5.06. The van der Waals surface area contributed by atoms with Crippen molar-refractivity contribution in [2.45, 2.75) is 43.1 Å². The highest BCUT2D eigenvalue weighted by Crippen LogP contribution is 2.39. The van der Waals surface area contributed by atoms with Gasteiger partial charge in [-0.05, 0) is 53.7 Å². The first-order chi connectivity index (χ1) is 9.08. The molecule has 0 aliphatic carbocycles. The van der Waals surface area contributed by atoms with Crippen LogP contribution in [0, 0.1) is 5.82 Å². The minimum atomic E-state index is -0.472. The summed E-state index contributed by atoms with van der Waals surface area (Å²) in [4.78, 5) is 14.4. The van der Waals surface area contributed by atoms with Crippen LogP contribution in [0.1, 0.15) is 36.0 Å². The lowest BCUT2D eigenvalue weighted by Crippen LogP contribution is -2.47. The van der Waals surface area contributed by atoms with E-state index < -0.39 is 5.82 Å². The van der Waals surface area contributed by atoms with Crippen molar-refractivity contribution in [3.05, 3.63) is 34.1 Å². The summed E-state index contributed by atoms with van der Waals surface area (Å²) in [6.45, 7) is 0. The van der Waals surface area contributed by atoms with Gasteiger partial charge in [0.2, 0.25) is 0 Å². The highest BCUT2D eigenvalue weighted by Gasteiger charge is 2.43. The van der Waals surface area contributed by atoms with Crippen LogP contribution in [-0.4, -0.2) is 28.3 Å². The molecule has 2 unspecified atom stereocenters. The van der Waals surface area contributed by atoms with Gasteiger partial charge < -0.3 is 4.90 Å². The fraction of sp³-hybridized carbons (Fsp3) is 0.500. The first-order valence-corrected chi connectivity index (χ1v) is 7.71. The molecule has 1 aromatic rings. The van der Waals surface area contributed by atoms with Gasteiger partial charge >= 0.3 is 0 Å². The number of piperidine rings is 1. The molecule has 2 atom stereocenters. The third kappa shape index (κ3) is 2.29. The summed E-state index contributed by atoms with van der Waals surface area (Å²) in [6, 6.07) is 5.19. The molecule has 0 aromatic heterocycles. The van der Waals surface area contributed by atoms with Crippen LogP contribution in [0.25, 0.3) is 0 Å². The van der Waals surface area contributed by atoms with E-state index in [0.717, 1.165) is 25.7 Å². The van der Waals surface area contributed by atoms with E-state index in [9.17, 15) is 9.18 Å². The van der Waals surface area contributed by atoms with E-state index in [2.05, 4.69) is 15.9 Å². The second kappa shape index (κ2) is 5.06. The van der Waals surface area contributed by atoms with Gasteiger partial charge in [-0.1, -0.05) is 6.07 Å². The van der Waals surface area contributed by atoms with E-state index in [1.54, 1.807) is 18.2 Å². The summed E-state index contributed by atoms with van der Waals surface area (Å²) in [6.07, 6.45) is 3.60. The highest BCUT2D eigenvalue weighted by molar-refractivity contribution is 9.10. The normalized spacial score (nSPS) is 29.6. The van der Waals surface area contributed by atoms with Crippen molar-refractivity contribution in [1.29, 1.82) is 0 Å². The predicted molar refractivity (Wildman–Crippen MR) is 76.0 cm³/mol. The van der Waals surface area contributed by atoms with Crippen LogP contribution in [-0.2, 0) is 0 Å². The largest absolute Gasteiger partial charge is 0.332 e. The minimum Gasteiger partial charge on any atom is -0.332 e. The number of benzene rings is 1. The first kappa shape index (κ1) is 13.4. The fourth-order valence-electron chi connectivity index (χ4n) is 3.25. The van der Waals surface area contributed by atoms with Crippen molar-refractivity contribution >= 4 is 33.4 Å². The highest BCUT2D eigenvalue weighted by atomic mass is 79.9. The average molecular weight is 347 g/mol. The minimum absolute atomic E-state index is 0.147. The summed E-state index contributed by atoms with van der Waals surface area (Å²) in [5, 5.41) is 0.147. The molecule has 2 bridgehead atoms. The molecule has 3 rings (SSSR count). The molecule has 2 heterocycles. The molecule has 19 heavy (non-hydrogen) atoms. The van der Waals surface area contributed by atoms with Crippen molar-refractivity contribution in [1.82, 2.24) is 4.90 Å². The Balaban J connectivity index is 1.91. The molecule has 0 radical (unpaired) electrons. The van der Waals surface area contributed by atoms with E-state index >= 15 is 0 Å². The Kier molecular flexibility index (Phi) is 3.56. The molecule has 102 valence electrons.